The van der Waals surface area contributed by atoms with Gasteiger partial charge in [-0.25, -0.2) is 0 Å². The van der Waals surface area contributed by atoms with Crippen LogP contribution in [0.1, 0.15) is 27.7 Å². The molecule has 0 unspecified atom stereocenters. The first-order valence-corrected chi connectivity index (χ1v) is 6.20. The topological polar surface area (TPSA) is 88.4 Å². The summed E-state index contributed by atoms with van der Waals surface area (Å²) in [4.78, 5) is 0. The summed E-state index contributed by atoms with van der Waals surface area (Å²) in [6.07, 6.45) is 0. The highest BCUT2D eigenvalue weighted by atomic mass is 16.8. The normalized spacial score (nSPS) is 11.3. The fourth-order valence-electron chi connectivity index (χ4n) is 0.703. The van der Waals surface area contributed by atoms with E-state index in [-0.39, 0.29) is 19.8 Å². The Bertz CT molecular complexity index is 138. The van der Waals surface area contributed by atoms with Gasteiger partial charge in [-0.3, -0.25) is 0 Å². The average Bonchev–Trinajstić information content (AvgIpc) is 2.39. The lowest BCUT2D eigenvalue weighted by Crippen LogP contribution is -2.29. The van der Waals surface area contributed by atoms with Crippen LogP contribution >= 0.6 is 0 Å². The molecule has 0 saturated heterocycles. The Balaban J connectivity index is 0. The van der Waals surface area contributed by atoms with Crippen molar-refractivity contribution in [2.75, 3.05) is 39.6 Å². The van der Waals surface area contributed by atoms with E-state index in [1.54, 1.807) is 6.92 Å². The number of aliphatic hydroxyl groups excluding tert-OH is 3. The van der Waals surface area contributed by atoms with Gasteiger partial charge in [-0.2, -0.15) is 0 Å². The minimum Gasteiger partial charge on any atom is -0.396 e. The van der Waals surface area contributed by atoms with Crippen LogP contribution < -0.4 is 0 Å². The average molecular weight is 268 g/mol. The molecule has 0 aliphatic heterocycles. The molecule has 0 amide bonds. The Labute approximate surface area is 109 Å². The van der Waals surface area contributed by atoms with Crippen LogP contribution in [-0.4, -0.2) is 61.4 Å². The van der Waals surface area contributed by atoms with E-state index >= 15 is 0 Å². The molecule has 112 valence electrons. The molecule has 3 N–H and O–H groups in total. The third-order valence-corrected chi connectivity index (χ3v) is 2.05. The van der Waals surface area contributed by atoms with Crippen molar-refractivity contribution < 1.29 is 29.5 Å². The van der Waals surface area contributed by atoms with Crippen LogP contribution in [-0.2, 0) is 14.2 Å². The molecular weight excluding hydrogens is 240 g/mol. The van der Waals surface area contributed by atoms with Gasteiger partial charge < -0.3 is 29.5 Å². The quantitative estimate of drug-likeness (QED) is 0.523. The van der Waals surface area contributed by atoms with Gasteiger partial charge in [-0.15, -0.1) is 0 Å². The molecule has 6 heteroatoms. The summed E-state index contributed by atoms with van der Waals surface area (Å²) < 4.78 is 15.2. The molecule has 0 aromatic rings. The third-order valence-electron chi connectivity index (χ3n) is 2.05. The van der Waals surface area contributed by atoms with E-state index in [4.69, 9.17) is 29.5 Å². The van der Waals surface area contributed by atoms with Gasteiger partial charge in [0.15, 0.2) is 0 Å². The highest BCUT2D eigenvalue weighted by molar-refractivity contribution is 4.69. The fraction of sp³-hybridized carbons (Fsp3) is 1.00. The summed E-state index contributed by atoms with van der Waals surface area (Å²) in [6, 6.07) is 0. The van der Waals surface area contributed by atoms with Gasteiger partial charge in [0.25, 0.3) is 6.48 Å². The highest BCUT2D eigenvalue weighted by Gasteiger charge is 2.20. The van der Waals surface area contributed by atoms with E-state index < -0.39 is 11.9 Å². The second kappa shape index (κ2) is 13.2. The molecule has 0 bridgehead atoms. The number of rotatable bonds is 9. The Morgan fingerprint density at radius 3 is 1.17 bits per heavy atom. The lowest BCUT2D eigenvalue weighted by atomic mass is 9.95. The maximum atomic E-state index is 8.47. The van der Waals surface area contributed by atoms with Crippen molar-refractivity contribution in [1.82, 2.24) is 0 Å². The van der Waals surface area contributed by atoms with Crippen LogP contribution in [0.5, 0.6) is 0 Å². The summed E-state index contributed by atoms with van der Waals surface area (Å²) in [6.45, 7) is 8.16. The number of ether oxygens (including phenoxy) is 3. The summed E-state index contributed by atoms with van der Waals surface area (Å²) in [7, 11) is 0. The van der Waals surface area contributed by atoms with Crippen LogP contribution in [0.3, 0.4) is 0 Å². The number of aliphatic hydroxyl groups is 3. The molecule has 0 atom stereocenters. The highest BCUT2D eigenvalue weighted by Crippen LogP contribution is 2.10. The molecule has 0 saturated carbocycles. The van der Waals surface area contributed by atoms with Gasteiger partial charge in [0, 0.05) is 25.2 Å². The van der Waals surface area contributed by atoms with E-state index in [1.165, 1.54) is 0 Å². The van der Waals surface area contributed by atoms with Gasteiger partial charge in [0.1, 0.15) is 0 Å². The molecule has 0 spiro atoms. The molecule has 18 heavy (non-hydrogen) atoms. The molecule has 0 aliphatic rings. The van der Waals surface area contributed by atoms with Crippen molar-refractivity contribution in [2.24, 2.45) is 5.41 Å². The van der Waals surface area contributed by atoms with E-state index in [2.05, 4.69) is 0 Å². The molecule has 0 aromatic carbocycles. The summed E-state index contributed by atoms with van der Waals surface area (Å²) in [5.74, 6) is 0. The zero-order chi connectivity index (χ0) is 14.4. The first-order valence-electron chi connectivity index (χ1n) is 6.20. The first-order chi connectivity index (χ1) is 8.53. The number of hydrogen-bond acceptors (Lipinski definition) is 6. The first kappa shape index (κ1) is 20.1. The zero-order valence-electron chi connectivity index (χ0n) is 11.9. The maximum absolute atomic E-state index is 8.47. The van der Waals surface area contributed by atoms with Crippen LogP contribution in [0.15, 0.2) is 0 Å². The summed E-state index contributed by atoms with van der Waals surface area (Å²) in [5, 5.41) is 25.4. The minimum atomic E-state index is -0.708. The van der Waals surface area contributed by atoms with Crippen LogP contribution in [0.4, 0.5) is 0 Å². The Morgan fingerprint density at radius 1 is 0.778 bits per heavy atom. The van der Waals surface area contributed by atoms with Crippen molar-refractivity contribution >= 4 is 0 Å². The fourth-order valence-corrected chi connectivity index (χ4v) is 0.703. The predicted molar refractivity (Wildman–Crippen MR) is 68.0 cm³/mol. The van der Waals surface area contributed by atoms with Gasteiger partial charge in [-0.05, 0) is 20.8 Å². The van der Waals surface area contributed by atoms with Gasteiger partial charge in [0.2, 0.25) is 0 Å². The van der Waals surface area contributed by atoms with Gasteiger partial charge >= 0.3 is 0 Å². The molecule has 0 aromatic heterocycles. The smallest absolute Gasteiger partial charge is 0.271 e. The maximum Gasteiger partial charge on any atom is 0.271 e. The lowest BCUT2D eigenvalue weighted by molar-refractivity contribution is -0.282. The molecule has 0 radical (unpaired) electrons. The Morgan fingerprint density at radius 2 is 1.06 bits per heavy atom. The third kappa shape index (κ3) is 10.9. The second-order valence-corrected chi connectivity index (χ2v) is 3.94. The van der Waals surface area contributed by atoms with E-state index in [0.29, 0.717) is 19.8 Å². The molecule has 6 nitrogen and oxygen atoms in total. The largest absolute Gasteiger partial charge is 0.396 e. The van der Waals surface area contributed by atoms with Crippen molar-refractivity contribution in [3.05, 3.63) is 0 Å². The van der Waals surface area contributed by atoms with Gasteiger partial charge in [-0.1, -0.05) is 6.92 Å². The Hall–Kier alpha value is -0.240. The molecule has 0 aliphatic carbocycles. The predicted octanol–water partition coefficient (Wildman–Crippen LogP) is 0.349. The monoisotopic (exact) mass is 268 g/mol. The van der Waals surface area contributed by atoms with Crippen LogP contribution in [0.25, 0.3) is 0 Å². The van der Waals surface area contributed by atoms with Gasteiger partial charge in [0.05, 0.1) is 19.8 Å². The van der Waals surface area contributed by atoms with Crippen molar-refractivity contribution in [3.63, 3.8) is 0 Å². The summed E-state index contributed by atoms with van der Waals surface area (Å²) in [5.41, 5.74) is -0.708. The number of hydrogen-bond donors (Lipinski definition) is 3. The van der Waals surface area contributed by atoms with Crippen molar-refractivity contribution in [1.29, 1.82) is 0 Å². The molecule has 0 fully saturated rings. The molecule has 0 rings (SSSR count). The van der Waals surface area contributed by atoms with Crippen LogP contribution in [0.2, 0.25) is 0 Å². The SMILES string of the molecule is CC(CO)(CO)CO.CCOC(OCC)OCC. The van der Waals surface area contributed by atoms with E-state index in [1.807, 2.05) is 20.8 Å². The van der Waals surface area contributed by atoms with Crippen molar-refractivity contribution in [3.8, 4) is 0 Å². The molecular formula is C12H28O6. The summed E-state index contributed by atoms with van der Waals surface area (Å²) >= 11 is 0. The Kier molecular flexibility index (Phi) is 14.7. The minimum absolute atomic E-state index is 0.181. The van der Waals surface area contributed by atoms with E-state index in [0.717, 1.165) is 0 Å². The zero-order valence-corrected chi connectivity index (χ0v) is 11.9. The van der Waals surface area contributed by atoms with Crippen molar-refractivity contribution in [2.45, 2.75) is 34.2 Å². The standard InChI is InChI=1S/C7H16O3.C5H12O3/c1-4-8-7(9-5-2)10-6-3;1-5(2-6,3-7)4-8/h7H,4-6H2,1-3H3;6-8H,2-4H2,1H3. The lowest BCUT2D eigenvalue weighted by Gasteiger charge is -2.20. The van der Waals surface area contributed by atoms with Crippen LogP contribution in [0, 0.1) is 5.41 Å². The van der Waals surface area contributed by atoms with E-state index in [9.17, 15) is 0 Å². The molecule has 0 heterocycles. The second-order valence-electron chi connectivity index (χ2n) is 3.94.